The molecule has 1 amide bonds. The number of hydrogen-bond donors (Lipinski definition) is 0. The number of para-hydroxylation sites is 1. The molecule has 0 fully saturated rings. The van der Waals surface area contributed by atoms with Gasteiger partial charge in [0.2, 0.25) is 5.91 Å². The minimum absolute atomic E-state index is 0.144. The normalized spacial score (nSPS) is 11.0. The Hall–Kier alpha value is -2.63. The molecule has 2 rings (SSSR count). The van der Waals surface area contributed by atoms with Crippen molar-refractivity contribution in [3.63, 3.8) is 0 Å². The number of halogens is 1. The van der Waals surface area contributed by atoms with Crippen molar-refractivity contribution in [2.45, 2.75) is 13.8 Å². The Balaban J connectivity index is 1.88. The lowest BCUT2D eigenvalue weighted by molar-refractivity contribution is -0.125. The molecule has 1 aromatic carbocycles. The van der Waals surface area contributed by atoms with Crippen LogP contribution in [0.4, 0.5) is 4.39 Å². The molecule has 0 bridgehead atoms. The highest BCUT2D eigenvalue weighted by atomic mass is 19.1. The van der Waals surface area contributed by atoms with Crippen LogP contribution in [-0.2, 0) is 11.8 Å². The maximum atomic E-state index is 13.4. The average molecular weight is 331 g/mol. The van der Waals surface area contributed by atoms with Crippen LogP contribution >= 0.6 is 0 Å². The molecule has 0 aliphatic carbocycles. The van der Waals surface area contributed by atoms with Crippen molar-refractivity contribution >= 4 is 12.0 Å². The van der Waals surface area contributed by atoms with Crippen LogP contribution in [0, 0.1) is 19.7 Å². The molecular formula is C18H22FN3O2. The lowest BCUT2D eigenvalue weighted by atomic mass is 10.2. The Morgan fingerprint density at radius 1 is 1.38 bits per heavy atom. The summed E-state index contributed by atoms with van der Waals surface area (Å²) >= 11 is 0. The van der Waals surface area contributed by atoms with E-state index < -0.39 is 5.82 Å². The summed E-state index contributed by atoms with van der Waals surface area (Å²) in [5, 5.41) is 4.31. The highest BCUT2D eigenvalue weighted by molar-refractivity contribution is 5.91. The van der Waals surface area contributed by atoms with Crippen molar-refractivity contribution in [2.75, 3.05) is 20.2 Å². The highest BCUT2D eigenvalue weighted by Crippen LogP contribution is 2.15. The monoisotopic (exact) mass is 331 g/mol. The smallest absolute Gasteiger partial charge is 0.246 e. The van der Waals surface area contributed by atoms with Crippen molar-refractivity contribution in [1.29, 1.82) is 0 Å². The predicted molar refractivity (Wildman–Crippen MR) is 91.2 cm³/mol. The second-order valence-electron chi connectivity index (χ2n) is 5.58. The van der Waals surface area contributed by atoms with Crippen molar-refractivity contribution in [3.05, 3.63) is 53.1 Å². The van der Waals surface area contributed by atoms with Gasteiger partial charge >= 0.3 is 0 Å². The minimum Gasteiger partial charge on any atom is -0.489 e. The lowest BCUT2D eigenvalue weighted by Crippen LogP contribution is -2.29. The van der Waals surface area contributed by atoms with Crippen LogP contribution < -0.4 is 4.74 Å². The van der Waals surface area contributed by atoms with Gasteiger partial charge in [0.05, 0.1) is 12.2 Å². The van der Waals surface area contributed by atoms with Gasteiger partial charge in [0.1, 0.15) is 6.61 Å². The van der Waals surface area contributed by atoms with Crippen LogP contribution in [0.1, 0.15) is 17.0 Å². The first-order valence-corrected chi connectivity index (χ1v) is 7.71. The van der Waals surface area contributed by atoms with E-state index in [2.05, 4.69) is 5.10 Å². The summed E-state index contributed by atoms with van der Waals surface area (Å²) in [5.74, 6) is -0.362. The van der Waals surface area contributed by atoms with Gasteiger partial charge in [0, 0.05) is 31.4 Å². The molecule has 0 spiro atoms. The van der Waals surface area contributed by atoms with E-state index in [9.17, 15) is 9.18 Å². The number of hydrogen-bond acceptors (Lipinski definition) is 3. The van der Waals surface area contributed by atoms with Crippen molar-refractivity contribution in [1.82, 2.24) is 14.7 Å². The Bertz CT molecular complexity index is 753. The number of likely N-dealkylation sites (N-methyl/N-ethyl adjacent to an activating group) is 1. The zero-order chi connectivity index (χ0) is 17.7. The van der Waals surface area contributed by atoms with Crippen LogP contribution in [-0.4, -0.2) is 40.8 Å². The molecule has 0 saturated heterocycles. The Morgan fingerprint density at radius 3 is 2.71 bits per heavy atom. The number of carbonyl (C=O) groups is 1. The van der Waals surface area contributed by atoms with Crippen molar-refractivity contribution < 1.29 is 13.9 Å². The van der Waals surface area contributed by atoms with Crippen LogP contribution in [0.25, 0.3) is 6.08 Å². The summed E-state index contributed by atoms with van der Waals surface area (Å²) in [6.07, 6.45) is 3.29. The molecule has 0 saturated carbocycles. The second-order valence-corrected chi connectivity index (χ2v) is 5.58. The molecule has 0 radical (unpaired) electrons. The highest BCUT2D eigenvalue weighted by Gasteiger charge is 2.09. The number of aryl methyl sites for hydroxylation is 2. The van der Waals surface area contributed by atoms with Crippen molar-refractivity contribution in [3.8, 4) is 5.75 Å². The standard InChI is InChI=1S/C18H22FN3O2/c1-13-15(14(2)22(4)20-13)9-10-18(23)21(3)11-12-24-17-8-6-5-7-16(17)19/h5-10H,11-12H2,1-4H3/b10-9+. The van der Waals surface area contributed by atoms with Gasteiger partial charge < -0.3 is 9.64 Å². The van der Waals surface area contributed by atoms with Gasteiger partial charge in [-0.25, -0.2) is 4.39 Å². The number of aromatic nitrogens is 2. The molecule has 24 heavy (non-hydrogen) atoms. The number of amides is 1. The fourth-order valence-electron chi connectivity index (χ4n) is 2.28. The third kappa shape index (κ3) is 4.22. The lowest BCUT2D eigenvalue weighted by Gasteiger charge is -2.15. The summed E-state index contributed by atoms with van der Waals surface area (Å²) in [6, 6.07) is 6.20. The molecule has 0 atom stereocenters. The van der Waals surface area contributed by atoms with E-state index in [4.69, 9.17) is 4.74 Å². The molecule has 1 heterocycles. The average Bonchev–Trinajstić information content (AvgIpc) is 2.79. The first-order chi connectivity index (χ1) is 11.4. The number of benzene rings is 1. The van der Waals surface area contributed by atoms with Gasteiger partial charge in [0.15, 0.2) is 11.6 Å². The van der Waals surface area contributed by atoms with Gasteiger partial charge in [0.25, 0.3) is 0 Å². The van der Waals surface area contributed by atoms with E-state index >= 15 is 0 Å². The summed E-state index contributed by atoms with van der Waals surface area (Å²) in [5.41, 5.74) is 2.83. The Labute approximate surface area is 141 Å². The largest absolute Gasteiger partial charge is 0.489 e. The third-order valence-electron chi connectivity index (χ3n) is 3.85. The number of carbonyl (C=O) groups excluding carboxylic acids is 1. The first kappa shape index (κ1) is 17.7. The van der Waals surface area contributed by atoms with Gasteiger partial charge in [-0.2, -0.15) is 5.10 Å². The number of nitrogens with zero attached hydrogens (tertiary/aromatic N) is 3. The van der Waals surface area contributed by atoms with Crippen LogP contribution in [0.2, 0.25) is 0 Å². The van der Waals surface area contributed by atoms with Crippen LogP contribution in [0.3, 0.4) is 0 Å². The SMILES string of the molecule is Cc1nn(C)c(C)c1/C=C/C(=O)N(C)CCOc1ccccc1F. The maximum Gasteiger partial charge on any atom is 0.246 e. The van der Waals surface area contributed by atoms with Gasteiger partial charge in [-0.15, -0.1) is 0 Å². The van der Waals surface area contributed by atoms with Crippen LogP contribution in [0.15, 0.2) is 30.3 Å². The maximum absolute atomic E-state index is 13.4. The zero-order valence-corrected chi connectivity index (χ0v) is 14.4. The molecule has 0 unspecified atom stereocenters. The molecular weight excluding hydrogens is 309 g/mol. The van der Waals surface area contributed by atoms with Gasteiger partial charge in [-0.1, -0.05) is 12.1 Å². The predicted octanol–water partition coefficient (Wildman–Crippen LogP) is 2.73. The Kier molecular flexibility index (Phi) is 5.73. The number of rotatable bonds is 6. The van der Waals surface area contributed by atoms with E-state index in [-0.39, 0.29) is 18.3 Å². The summed E-state index contributed by atoms with van der Waals surface area (Å²) in [6.45, 7) is 4.45. The molecule has 0 aliphatic rings. The molecule has 1 aromatic heterocycles. The van der Waals surface area contributed by atoms with E-state index in [1.165, 1.54) is 17.0 Å². The van der Waals surface area contributed by atoms with Gasteiger partial charge in [-0.3, -0.25) is 9.48 Å². The second kappa shape index (κ2) is 7.77. The summed E-state index contributed by atoms with van der Waals surface area (Å²) in [7, 11) is 3.55. The molecule has 5 nitrogen and oxygen atoms in total. The summed E-state index contributed by atoms with van der Waals surface area (Å²) < 4.78 is 20.6. The van der Waals surface area contributed by atoms with Crippen molar-refractivity contribution in [2.24, 2.45) is 7.05 Å². The first-order valence-electron chi connectivity index (χ1n) is 7.71. The topological polar surface area (TPSA) is 47.4 Å². The van der Waals surface area contributed by atoms with E-state index in [0.29, 0.717) is 6.54 Å². The van der Waals surface area contributed by atoms with Gasteiger partial charge in [-0.05, 0) is 32.1 Å². The fourth-order valence-corrected chi connectivity index (χ4v) is 2.28. The van der Waals surface area contributed by atoms with Crippen LogP contribution in [0.5, 0.6) is 5.75 Å². The zero-order valence-electron chi connectivity index (χ0n) is 14.4. The van der Waals surface area contributed by atoms with E-state index in [1.54, 1.807) is 36.0 Å². The third-order valence-corrected chi connectivity index (χ3v) is 3.85. The summed E-state index contributed by atoms with van der Waals surface area (Å²) in [4.78, 5) is 13.7. The molecule has 0 N–H and O–H groups in total. The molecule has 6 heteroatoms. The molecule has 0 aliphatic heterocycles. The Morgan fingerprint density at radius 2 is 2.08 bits per heavy atom. The molecule has 128 valence electrons. The van der Waals surface area contributed by atoms with E-state index in [0.717, 1.165) is 17.0 Å². The molecule has 2 aromatic rings. The fraction of sp³-hybridized carbons (Fsp3) is 0.333. The minimum atomic E-state index is -0.408. The number of ether oxygens (including phenoxy) is 1. The van der Waals surface area contributed by atoms with E-state index in [1.807, 2.05) is 20.9 Å². The quantitative estimate of drug-likeness (QED) is 0.765.